The number of phenols is 3. The molecule has 0 saturated carbocycles. The molecule has 5 bridgehead atoms. The predicted molar refractivity (Wildman–Crippen MR) is 241 cm³/mol. The Balaban J connectivity index is 1.40. The maximum Gasteiger partial charge on any atom is 0.312 e. The van der Waals surface area contributed by atoms with Crippen LogP contribution < -0.4 is 10.1 Å². The van der Waals surface area contributed by atoms with Crippen molar-refractivity contribution in [3.63, 3.8) is 0 Å². The molecule has 18 heteroatoms. The Labute approximate surface area is 389 Å². The molecule has 7 rings (SSSR count). The summed E-state index contributed by atoms with van der Waals surface area (Å²) in [6, 6.07) is 1.05. The number of carbonyl (C=O) groups excluding carboxylic acids is 4. The summed E-state index contributed by atoms with van der Waals surface area (Å²) in [5.41, 5.74) is -1.51. The van der Waals surface area contributed by atoms with E-state index in [1.807, 2.05) is 6.92 Å². The van der Waals surface area contributed by atoms with Crippen LogP contribution in [0.25, 0.3) is 10.8 Å². The largest absolute Gasteiger partial charge is 0.507 e. The summed E-state index contributed by atoms with van der Waals surface area (Å²) in [6.45, 7) is 16.3. The first-order chi connectivity index (χ1) is 31.4. The number of phenolic OH excluding ortho intramolecular Hbond substituents is 3. The Morgan fingerprint density at radius 2 is 1.67 bits per heavy atom. The van der Waals surface area contributed by atoms with Gasteiger partial charge in [-0.3, -0.25) is 19.2 Å². The molecule has 2 aromatic rings. The van der Waals surface area contributed by atoms with Gasteiger partial charge in [-0.25, -0.2) is 0 Å². The van der Waals surface area contributed by atoms with E-state index in [4.69, 9.17) is 37.9 Å². The number of ether oxygens (including phenoxy) is 8. The summed E-state index contributed by atoms with van der Waals surface area (Å²) in [6.07, 6.45) is 1.79. The van der Waals surface area contributed by atoms with Gasteiger partial charge in [0.25, 0.3) is 11.7 Å². The lowest BCUT2D eigenvalue weighted by molar-refractivity contribution is -0.245. The molecule has 0 radical (unpaired) electrons. The van der Waals surface area contributed by atoms with Gasteiger partial charge in [-0.15, -0.1) is 0 Å². The molecule has 0 spiro atoms. The van der Waals surface area contributed by atoms with E-state index < -0.39 is 113 Å². The van der Waals surface area contributed by atoms with Crippen LogP contribution in [0.3, 0.4) is 0 Å². The van der Waals surface area contributed by atoms with Crippen LogP contribution in [0, 0.1) is 36.0 Å². The molecule has 18 nitrogen and oxygen atoms in total. The predicted octanol–water partition coefficient (Wildman–Crippen LogP) is 5.96. The second-order valence-electron chi connectivity index (χ2n) is 19.1. The fourth-order valence-electron chi connectivity index (χ4n) is 9.14. The zero-order chi connectivity index (χ0) is 49.4. The molecule has 0 aliphatic carbocycles. The van der Waals surface area contributed by atoms with Crippen LogP contribution in [-0.2, 0) is 47.5 Å². The molecule has 2 saturated heterocycles. The number of carbonyl (C=O) groups is 4. The minimum Gasteiger partial charge on any atom is -0.507 e. The summed E-state index contributed by atoms with van der Waals surface area (Å²) >= 11 is 0. The van der Waals surface area contributed by atoms with Crippen molar-refractivity contribution in [1.82, 2.24) is 0 Å². The highest BCUT2D eigenvalue weighted by molar-refractivity contribution is 6.21. The van der Waals surface area contributed by atoms with Crippen molar-refractivity contribution in [2.45, 2.75) is 143 Å². The molecule has 5 heterocycles. The minimum atomic E-state index is -2.06. The summed E-state index contributed by atoms with van der Waals surface area (Å²) in [5, 5.41) is 60.3. The molecule has 368 valence electrons. The standard InChI is InChI=1S/C49H65NO17/c1-22-13-12-14-29(27(6)65-47(59)48(8,9)20-34(52)60-11)17-23(2)39(53)25(4)40(54)24(3)32(66-35-19-33-44(28(7)64-35)62-21-61-33)15-16-63-49(10)45(57)38-36-31(51)18-30(50-46(22)58)42(56)37(36)41(55)26(5)43(38)67-49/h12-16,18,23-25,27-29,32-33,35,39-40,44,51,53-56H,17,19-21H2,1-11H3,(H,50,58)/b14-12+,16-15+,22-13-/t23-,24-,25-,27?,28-,29+,32+,33+,35+,39-,40-,44-,49+/m1/s1. The summed E-state index contributed by atoms with van der Waals surface area (Å²) in [4.78, 5) is 53.4. The molecule has 0 aromatic heterocycles. The number of anilines is 1. The molecule has 2 aromatic carbocycles. The summed E-state index contributed by atoms with van der Waals surface area (Å²) in [5.74, 6) is -9.22. The van der Waals surface area contributed by atoms with Gasteiger partial charge in [0.15, 0.2) is 12.0 Å². The van der Waals surface area contributed by atoms with E-state index in [1.54, 1.807) is 53.7 Å². The SMILES string of the molecule is COC(=O)CC(C)(C)C(=O)OC(C)[C@H]1/C=C/C=C(/C)C(=O)Nc2cc(O)c3c4c(c(C)c(O)c3c2O)O[C@](C)(O/C=C/[C@H](O[C@H]2C[C@@H]3OCO[C@@H]3[C@@H](C)O2)[C@@H](C)[C@@H](O)[C@H](C)[C@H](O)[C@H](C)C1)C4=O. The number of allylic oxidation sites excluding steroid dienone is 2. The number of aliphatic hydroxyl groups is 2. The maximum absolute atomic E-state index is 14.3. The monoisotopic (exact) mass is 939 g/mol. The number of ketones is 1. The highest BCUT2D eigenvalue weighted by atomic mass is 16.7. The number of rotatable bonds is 7. The van der Waals surface area contributed by atoms with Crippen LogP contribution >= 0.6 is 0 Å². The van der Waals surface area contributed by atoms with Crippen LogP contribution in [-0.4, -0.2) is 118 Å². The number of hydrogen-bond acceptors (Lipinski definition) is 17. The van der Waals surface area contributed by atoms with Gasteiger partial charge in [-0.2, -0.15) is 0 Å². The normalized spacial score (nSPS) is 34.0. The number of hydrogen-bond donors (Lipinski definition) is 6. The van der Waals surface area contributed by atoms with E-state index in [9.17, 15) is 44.7 Å². The molecule has 1 amide bonds. The Bertz CT molecular complexity index is 2320. The average Bonchev–Trinajstić information content (AvgIpc) is 3.86. The van der Waals surface area contributed by atoms with E-state index in [0.717, 1.165) is 6.07 Å². The molecular weight excluding hydrogens is 875 g/mol. The number of amides is 1. The fourth-order valence-corrected chi connectivity index (χ4v) is 9.14. The average molecular weight is 940 g/mol. The number of nitrogens with one attached hydrogen (secondary N) is 1. The number of methoxy groups -OCH3 is 1. The number of esters is 2. The number of aromatic hydroxyl groups is 3. The second kappa shape index (κ2) is 20.2. The van der Waals surface area contributed by atoms with Gasteiger partial charge in [0, 0.05) is 53.7 Å². The van der Waals surface area contributed by atoms with Gasteiger partial charge in [-0.1, -0.05) is 39.0 Å². The van der Waals surface area contributed by atoms with E-state index in [0.29, 0.717) is 6.42 Å². The van der Waals surface area contributed by atoms with Gasteiger partial charge in [0.1, 0.15) is 36.2 Å². The van der Waals surface area contributed by atoms with Crippen molar-refractivity contribution < 1.29 is 82.6 Å². The Kier molecular flexibility index (Phi) is 15.4. The maximum atomic E-state index is 14.3. The van der Waals surface area contributed by atoms with E-state index in [2.05, 4.69) is 5.32 Å². The van der Waals surface area contributed by atoms with Gasteiger partial charge in [0.2, 0.25) is 0 Å². The summed E-state index contributed by atoms with van der Waals surface area (Å²) in [7, 11) is 1.23. The first-order valence-electron chi connectivity index (χ1n) is 22.6. The van der Waals surface area contributed by atoms with Gasteiger partial charge in [-0.05, 0) is 60.0 Å². The Morgan fingerprint density at radius 3 is 2.36 bits per heavy atom. The smallest absolute Gasteiger partial charge is 0.312 e. The molecule has 2 fully saturated rings. The third-order valence-electron chi connectivity index (χ3n) is 13.6. The van der Waals surface area contributed by atoms with Crippen LogP contribution in [0.4, 0.5) is 5.69 Å². The van der Waals surface area contributed by atoms with Crippen molar-refractivity contribution >= 4 is 40.1 Å². The lowest BCUT2D eigenvalue weighted by Crippen LogP contribution is -2.48. The number of fused-ring (bicyclic) bond motifs is 15. The molecular formula is C49H65NO17. The van der Waals surface area contributed by atoms with E-state index in [-0.39, 0.29) is 70.8 Å². The molecule has 1 unspecified atom stereocenters. The second-order valence-corrected chi connectivity index (χ2v) is 19.1. The van der Waals surface area contributed by atoms with Crippen LogP contribution in [0.1, 0.15) is 97.5 Å². The molecule has 67 heavy (non-hydrogen) atoms. The molecule has 13 atom stereocenters. The first kappa shape index (κ1) is 51.2. The van der Waals surface area contributed by atoms with E-state index >= 15 is 0 Å². The quantitative estimate of drug-likeness (QED) is 0.106. The van der Waals surface area contributed by atoms with Crippen molar-refractivity contribution in [3.8, 4) is 23.0 Å². The van der Waals surface area contributed by atoms with Crippen molar-refractivity contribution in [2.75, 3.05) is 19.2 Å². The van der Waals surface area contributed by atoms with Crippen LogP contribution in [0.15, 0.2) is 42.2 Å². The highest BCUT2D eigenvalue weighted by Gasteiger charge is 2.50. The molecule has 5 aliphatic heterocycles. The third kappa shape index (κ3) is 10.4. The van der Waals surface area contributed by atoms with Crippen LogP contribution in [0.2, 0.25) is 0 Å². The van der Waals surface area contributed by atoms with Gasteiger partial charge in [0.05, 0.1) is 72.4 Å². The number of Topliss-reactive ketones (excluding diaryl/α,β-unsaturated/α-hetero) is 1. The zero-order valence-electron chi connectivity index (χ0n) is 39.9. The van der Waals surface area contributed by atoms with Crippen molar-refractivity contribution in [2.24, 2.45) is 29.1 Å². The number of aliphatic hydroxyl groups excluding tert-OH is 2. The highest BCUT2D eigenvalue weighted by Crippen LogP contribution is 2.53. The van der Waals surface area contributed by atoms with Gasteiger partial charge < -0.3 is 68.7 Å². The third-order valence-corrected chi connectivity index (χ3v) is 13.6. The van der Waals surface area contributed by atoms with Crippen molar-refractivity contribution in [1.29, 1.82) is 0 Å². The van der Waals surface area contributed by atoms with E-state index in [1.165, 1.54) is 46.3 Å². The first-order valence-corrected chi connectivity index (χ1v) is 22.6. The minimum absolute atomic E-state index is 0.0401. The summed E-state index contributed by atoms with van der Waals surface area (Å²) < 4.78 is 47.0. The zero-order valence-corrected chi connectivity index (χ0v) is 39.9. The van der Waals surface area contributed by atoms with Crippen molar-refractivity contribution in [3.05, 3.63) is 53.3 Å². The van der Waals surface area contributed by atoms with Gasteiger partial charge >= 0.3 is 17.7 Å². The topological polar surface area (TPSA) is 255 Å². The lowest BCUT2D eigenvalue weighted by Gasteiger charge is -2.39. The Hall–Kier alpha value is -5.24. The molecule has 6 N–H and O–H groups in total. The Morgan fingerprint density at radius 1 is 0.970 bits per heavy atom. The van der Waals surface area contributed by atoms with Crippen LogP contribution in [0.5, 0.6) is 23.0 Å². The molecule has 5 aliphatic rings. The number of benzene rings is 2. The fraction of sp³-hybridized carbons (Fsp3) is 0.592. The lowest BCUT2D eigenvalue weighted by atomic mass is 9.79.